The molecule has 116 valence electrons. The highest BCUT2D eigenvalue weighted by Gasteiger charge is 2.05. The first-order valence-corrected chi connectivity index (χ1v) is 8.14. The van der Waals surface area contributed by atoms with Gasteiger partial charge < -0.3 is 10.6 Å². The zero-order chi connectivity index (χ0) is 15.9. The first-order chi connectivity index (χ1) is 10.5. The third-order valence-electron chi connectivity index (χ3n) is 3.85. The van der Waals surface area contributed by atoms with Crippen LogP contribution in [0.3, 0.4) is 0 Å². The molecule has 0 heterocycles. The molecule has 2 nitrogen and oxygen atoms in total. The first kappa shape index (κ1) is 16.5. The Bertz CT molecular complexity index is 623. The number of benzene rings is 2. The van der Waals surface area contributed by atoms with Crippen LogP contribution in [-0.2, 0) is 6.42 Å². The predicted molar refractivity (Wildman–Crippen MR) is 99.5 cm³/mol. The van der Waals surface area contributed by atoms with E-state index >= 15 is 0 Å². The van der Waals surface area contributed by atoms with Gasteiger partial charge in [0.25, 0.3) is 0 Å². The number of nitrogens with one attached hydrogen (secondary N) is 2. The minimum atomic E-state index is 0.340. The number of hydrogen-bond donors (Lipinski definition) is 2. The number of anilines is 1. The van der Waals surface area contributed by atoms with Gasteiger partial charge in [-0.15, -0.1) is 0 Å². The second kappa shape index (κ2) is 7.95. The molecule has 0 radical (unpaired) electrons. The van der Waals surface area contributed by atoms with Gasteiger partial charge in [-0.3, -0.25) is 0 Å². The number of aryl methyl sites for hydroxylation is 3. The Hall–Kier alpha value is -1.87. The lowest BCUT2D eigenvalue weighted by molar-refractivity contribution is 0.609. The number of hydrogen-bond acceptors (Lipinski definition) is 1. The Morgan fingerprint density at radius 3 is 2.45 bits per heavy atom. The fourth-order valence-electron chi connectivity index (χ4n) is 2.31. The van der Waals surface area contributed by atoms with Crippen molar-refractivity contribution < 1.29 is 0 Å². The lowest BCUT2D eigenvalue weighted by atomic mass is 10.1. The Kier molecular flexibility index (Phi) is 5.96. The minimum Gasteiger partial charge on any atom is -0.360 e. The van der Waals surface area contributed by atoms with E-state index in [1.807, 2.05) is 6.07 Å². The van der Waals surface area contributed by atoms with Crippen LogP contribution >= 0.6 is 12.2 Å². The van der Waals surface area contributed by atoms with Crippen molar-refractivity contribution in [2.45, 2.75) is 39.7 Å². The van der Waals surface area contributed by atoms with E-state index in [1.54, 1.807) is 0 Å². The highest BCUT2D eigenvalue weighted by molar-refractivity contribution is 7.80. The van der Waals surface area contributed by atoms with Gasteiger partial charge in [0.1, 0.15) is 0 Å². The molecule has 0 spiro atoms. The van der Waals surface area contributed by atoms with E-state index in [0.29, 0.717) is 11.2 Å². The average Bonchev–Trinajstić information content (AvgIpc) is 2.50. The average molecular weight is 312 g/mol. The summed E-state index contributed by atoms with van der Waals surface area (Å²) in [4.78, 5) is 0. The van der Waals surface area contributed by atoms with E-state index in [-0.39, 0.29) is 0 Å². The van der Waals surface area contributed by atoms with Crippen molar-refractivity contribution in [1.82, 2.24) is 5.32 Å². The summed E-state index contributed by atoms with van der Waals surface area (Å²) in [5.74, 6) is 0. The second-order valence-electron chi connectivity index (χ2n) is 5.82. The zero-order valence-electron chi connectivity index (χ0n) is 13.5. The Labute approximate surface area is 139 Å². The summed E-state index contributed by atoms with van der Waals surface area (Å²) < 4.78 is 0. The molecule has 2 aromatic carbocycles. The van der Waals surface area contributed by atoms with Crippen LogP contribution in [-0.4, -0.2) is 11.2 Å². The number of thiocarbonyl (C=S) groups is 1. The quantitative estimate of drug-likeness (QED) is 0.788. The van der Waals surface area contributed by atoms with Crippen molar-refractivity contribution in [3.05, 3.63) is 65.2 Å². The van der Waals surface area contributed by atoms with Crippen LogP contribution in [0.5, 0.6) is 0 Å². The first-order valence-electron chi connectivity index (χ1n) is 7.73. The van der Waals surface area contributed by atoms with Crippen LogP contribution in [0.4, 0.5) is 5.69 Å². The molecule has 0 saturated heterocycles. The standard InChI is InChI=1S/C19H24N2S/c1-14-9-12-18(13-15(14)2)21-19(22)20-16(3)10-11-17-7-5-4-6-8-17/h4-9,12-13,16H,10-11H2,1-3H3,(H2,20,21,22). The van der Waals surface area contributed by atoms with Gasteiger partial charge >= 0.3 is 0 Å². The summed E-state index contributed by atoms with van der Waals surface area (Å²) in [7, 11) is 0. The molecule has 0 aliphatic rings. The molecule has 0 amide bonds. The Morgan fingerprint density at radius 1 is 1.05 bits per heavy atom. The fraction of sp³-hybridized carbons (Fsp3) is 0.316. The summed E-state index contributed by atoms with van der Waals surface area (Å²) >= 11 is 5.40. The van der Waals surface area contributed by atoms with Crippen molar-refractivity contribution in [3.63, 3.8) is 0 Å². The van der Waals surface area contributed by atoms with E-state index in [4.69, 9.17) is 12.2 Å². The molecule has 1 unspecified atom stereocenters. The molecule has 3 heteroatoms. The van der Waals surface area contributed by atoms with Crippen LogP contribution in [0.2, 0.25) is 0 Å². The van der Waals surface area contributed by atoms with E-state index in [0.717, 1.165) is 18.5 Å². The maximum absolute atomic E-state index is 5.40. The zero-order valence-corrected chi connectivity index (χ0v) is 14.3. The Balaban J connectivity index is 1.79. The molecule has 2 rings (SSSR count). The fourth-order valence-corrected chi connectivity index (χ4v) is 2.63. The molecule has 0 aliphatic carbocycles. The maximum atomic E-state index is 5.40. The van der Waals surface area contributed by atoms with Gasteiger partial charge in [0, 0.05) is 11.7 Å². The van der Waals surface area contributed by atoms with Crippen molar-refractivity contribution in [2.24, 2.45) is 0 Å². The third kappa shape index (κ3) is 5.15. The highest BCUT2D eigenvalue weighted by atomic mass is 32.1. The summed E-state index contributed by atoms with van der Waals surface area (Å²) in [6, 6.07) is 17.2. The van der Waals surface area contributed by atoms with Crippen LogP contribution < -0.4 is 10.6 Å². The molecule has 0 fully saturated rings. The van der Waals surface area contributed by atoms with Crippen LogP contribution in [0.15, 0.2) is 48.5 Å². The van der Waals surface area contributed by atoms with E-state index in [2.05, 4.69) is 73.9 Å². The van der Waals surface area contributed by atoms with Gasteiger partial charge in [0.2, 0.25) is 0 Å². The minimum absolute atomic E-state index is 0.340. The molecule has 1 atom stereocenters. The number of rotatable bonds is 5. The normalized spacial score (nSPS) is 11.8. The van der Waals surface area contributed by atoms with Gasteiger partial charge in [-0.2, -0.15) is 0 Å². The summed E-state index contributed by atoms with van der Waals surface area (Å²) in [6.07, 6.45) is 2.11. The summed E-state index contributed by atoms with van der Waals surface area (Å²) in [5, 5.41) is 7.30. The van der Waals surface area contributed by atoms with Crippen LogP contribution in [0, 0.1) is 13.8 Å². The van der Waals surface area contributed by atoms with Crippen molar-refractivity contribution in [1.29, 1.82) is 0 Å². The van der Waals surface area contributed by atoms with Crippen molar-refractivity contribution in [2.75, 3.05) is 5.32 Å². The topological polar surface area (TPSA) is 24.1 Å². The van der Waals surface area contributed by atoms with Gasteiger partial charge in [0.15, 0.2) is 5.11 Å². The molecule has 22 heavy (non-hydrogen) atoms. The molecule has 0 saturated carbocycles. The van der Waals surface area contributed by atoms with E-state index in [1.165, 1.54) is 16.7 Å². The van der Waals surface area contributed by atoms with Crippen LogP contribution in [0.25, 0.3) is 0 Å². The van der Waals surface area contributed by atoms with Gasteiger partial charge in [-0.05, 0) is 74.7 Å². The lowest BCUT2D eigenvalue weighted by Gasteiger charge is -2.17. The van der Waals surface area contributed by atoms with Gasteiger partial charge in [0.05, 0.1) is 0 Å². The van der Waals surface area contributed by atoms with E-state index < -0.39 is 0 Å². The SMILES string of the molecule is Cc1ccc(NC(=S)NC(C)CCc2ccccc2)cc1C. The smallest absolute Gasteiger partial charge is 0.170 e. The monoisotopic (exact) mass is 312 g/mol. The van der Waals surface area contributed by atoms with Gasteiger partial charge in [-0.25, -0.2) is 0 Å². The highest BCUT2D eigenvalue weighted by Crippen LogP contribution is 2.14. The van der Waals surface area contributed by atoms with Gasteiger partial charge in [-0.1, -0.05) is 36.4 Å². The molecule has 0 aromatic heterocycles. The van der Waals surface area contributed by atoms with E-state index in [9.17, 15) is 0 Å². The predicted octanol–water partition coefficient (Wildman–Crippen LogP) is 4.61. The molecule has 0 bridgehead atoms. The second-order valence-corrected chi connectivity index (χ2v) is 6.23. The molecule has 0 aliphatic heterocycles. The van der Waals surface area contributed by atoms with Crippen LogP contribution in [0.1, 0.15) is 30.0 Å². The lowest BCUT2D eigenvalue weighted by Crippen LogP contribution is -2.36. The third-order valence-corrected chi connectivity index (χ3v) is 4.07. The molecular weight excluding hydrogens is 288 g/mol. The molecular formula is C19H24N2S. The maximum Gasteiger partial charge on any atom is 0.170 e. The molecule has 2 N–H and O–H groups in total. The Morgan fingerprint density at radius 2 is 1.77 bits per heavy atom. The van der Waals surface area contributed by atoms with Crippen molar-refractivity contribution >= 4 is 23.0 Å². The molecule has 2 aromatic rings. The largest absolute Gasteiger partial charge is 0.360 e. The summed E-state index contributed by atoms with van der Waals surface area (Å²) in [5.41, 5.74) is 4.96. The van der Waals surface area contributed by atoms with Crippen molar-refractivity contribution in [3.8, 4) is 0 Å². The summed E-state index contributed by atoms with van der Waals surface area (Å²) in [6.45, 7) is 6.39.